The lowest BCUT2D eigenvalue weighted by Crippen LogP contribution is -2.23. The van der Waals surface area contributed by atoms with Gasteiger partial charge in [-0.1, -0.05) is 18.2 Å². The molecule has 0 spiro atoms. The van der Waals surface area contributed by atoms with Gasteiger partial charge in [0.15, 0.2) is 0 Å². The van der Waals surface area contributed by atoms with Crippen LogP contribution in [-0.4, -0.2) is 43.6 Å². The molecule has 24 heavy (non-hydrogen) atoms. The van der Waals surface area contributed by atoms with Crippen molar-refractivity contribution in [2.75, 3.05) is 32.6 Å². The molecular formula is C18H22N4O2. The van der Waals surface area contributed by atoms with Gasteiger partial charge in [0.25, 0.3) is 0 Å². The highest BCUT2D eigenvalue weighted by Crippen LogP contribution is 2.17. The zero-order valence-corrected chi connectivity index (χ0v) is 14.2. The van der Waals surface area contributed by atoms with Crippen molar-refractivity contribution in [3.63, 3.8) is 0 Å². The molecule has 0 aliphatic rings. The molecule has 2 rings (SSSR count). The predicted molar refractivity (Wildman–Crippen MR) is 95.1 cm³/mol. The minimum atomic E-state index is -0.151. The van der Waals surface area contributed by atoms with E-state index >= 15 is 0 Å². The number of amides is 1. The molecule has 6 nitrogen and oxygen atoms in total. The Morgan fingerprint density at radius 1 is 1.25 bits per heavy atom. The van der Waals surface area contributed by atoms with Crippen molar-refractivity contribution >= 4 is 17.9 Å². The maximum atomic E-state index is 11.9. The van der Waals surface area contributed by atoms with E-state index in [0.29, 0.717) is 18.9 Å². The number of methoxy groups -OCH3 is 1. The quantitative estimate of drug-likeness (QED) is 0.788. The molecule has 0 atom stereocenters. The second-order valence-corrected chi connectivity index (χ2v) is 5.40. The van der Waals surface area contributed by atoms with Gasteiger partial charge in [-0.25, -0.2) is 9.97 Å². The van der Waals surface area contributed by atoms with Gasteiger partial charge >= 0.3 is 0 Å². The van der Waals surface area contributed by atoms with Gasteiger partial charge in [0.05, 0.1) is 7.11 Å². The van der Waals surface area contributed by atoms with Gasteiger partial charge in [-0.05, 0) is 24.1 Å². The average molecular weight is 326 g/mol. The van der Waals surface area contributed by atoms with Crippen LogP contribution in [-0.2, 0) is 11.2 Å². The molecule has 0 aliphatic carbocycles. The highest BCUT2D eigenvalue weighted by Gasteiger charge is 2.02. The minimum absolute atomic E-state index is 0.151. The third kappa shape index (κ3) is 5.08. The van der Waals surface area contributed by atoms with Crippen LogP contribution in [0.1, 0.15) is 11.1 Å². The molecule has 6 heteroatoms. The first-order valence-corrected chi connectivity index (χ1v) is 7.67. The third-order valence-corrected chi connectivity index (χ3v) is 3.37. The molecule has 1 heterocycles. The van der Waals surface area contributed by atoms with Crippen LogP contribution >= 0.6 is 0 Å². The second-order valence-electron chi connectivity index (χ2n) is 5.40. The van der Waals surface area contributed by atoms with Gasteiger partial charge in [0, 0.05) is 44.7 Å². The Morgan fingerprint density at radius 3 is 2.62 bits per heavy atom. The number of anilines is 1. The number of nitrogens with zero attached hydrogens (tertiary/aromatic N) is 3. The van der Waals surface area contributed by atoms with Crippen LogP contribution < -0.4 is 15.0 Å². The molecule has 0 radical (unpaired) electrons. The van der Waals surface area contributed by atoms with Crippen LogP contribution in [0.3, 0.4) is 0 Å². The van der Waals surface area contributed by atoms with E-state index in [1.54, 1.807) is 25.6 Å². The highest BCUT2D eigenvalue weighted by molar-refractivity contribution is 5.91. The summed E-state index contributed by atoms with van der Waals surface area (Å²) in [5.74, 6) is 1.32. The largest absolute Gasteiger partial charge is 0.496 e. The van der Waals surface area contributed by atoms with E-state index < -0.39 is 0 Å². The Kier molecular flexibility index (Phi) is 6.31. The van der Waals surface area contributed by atoms with E-state index in [1.807, 2.05) is 43.3 Å². The SMILES string of the molecule is COc1ccccc1CCNC(=O)C=Cc1cnc(N(C)C)nc1. The van der Waals surface area contributed by atoms with Crippen molar-refractivity contribution in [2.24, 2.45) is 0 Å². The average Bonchev–Trinajstić information content (AvgIpc) is 2.60. The molecule has 1 amide bonds. The molecule has 0 saturated carbocycles. The predicted octanol–water partition coefficient (Wildman–Crippen LogP) is 1.92. The third-order valence-electron chi connectivity index (χ3n) is 3.37. The van der Waals surface area contributed by atoms with Crippen molar-refractivity contribution in [3.8, 4) is 5.75 Å². The van der Waals surface area contributed by atoms with Crippen molar-refractivity contribution in [2.45, 2.75) is 6.42 Å². The van der Waals surface area contributed by atoms with Crippen LogP contribution in [0.15, 0.2) is 42.7 Å². The normalized spacial score (nSPS) is 10.6. The monoisotopic (exact) mass is 326 g/mol. The van der Waals surface area contributed by atoms with Gasteiger partial charge in [0.1, 0.15) is 5.75 Å². The number of benzene rings is 1. The van der Waals surface area contributed by atoms with Crippen LogP contribution in [0.2, 0.25) is 0 Å². The molecule has 1 aromatic heterocycles. The Hall–Kier alpha value is -2.89. The summed E-state index contributed by atoms with van der Waals surface area (Å²) in [6, 6.07) is 7.78. The lowest BCUT2D eigenvalue weighted by molar-refractivity contribution is -0.116. The van der Waals surface area contributed by atoms with Gasteiger partial charge in [-0.2, -0.15) is 0 Å². The first-order chi connectivity index (χ1) is 11.6. The molecule has 1 aromatic carbocycles. The molecular weight excluding hydrogens is 304 g/mol. The Bertz CT molecular complexity index is 696. The maximum absolute atomic E-state index is 11.9. The molecule has 126 valence electrons. The number of aromatic nitrogens is 2. The van der Waals surface area contributed by atoms with Crippen molar-refractivity contribution in [3.05, 3.63) is 53.9 Å². The van der Waals surface area contributed by atoms with Crippen molar-refractivity contribution in [1.29, 1.82) is 0 Å². The first kappa shape index (κ1) is 17.5. The number of carbonyl (C=O) groups excluding carboxylic acids is 1. The van der Waals surface area contributed by atoms with Crippen molar-refractivity contribution in [1.82, 2.24) is 15.3 Å². The summed E-state index contributed by atoms with van der Waals surface area (Å²) in [6.45, 7) is 0.541. The van der Waals surface area contributed by atoms with Crippen molar-refractivity contribution < 1.29 is 9.53 Å². The fourth-order valence-corrected chi connectivity index (χ4v) is 2.11. The van der Waals surface area contributed by atoms with E-state index in [1.165, 1.54) is 6.08 Å². The van der Waals surface area contributed by atoms with Crippen LogP contribution in [0, 0.1) is 0 Å². The summed E-state index contributed by atoms with van der Waals surface area (Å²) < 4.78 is 5.29. The van der Waals surface area contributed by atoms with E-state index in [2.05, 4.69) is 15.3 Å². The van der Waals surface area contributed by atoms with Crippen LogP contribution in [0.4, 0.5) is 5.95 Å². The molecule has 1 N–H and O–H groups in total. The Labute approximate surface area is 142 Å². The second kappa shape index (κ2) is 8.67. The molecule has 0 saturated heterocycles. The Balaban J connectivity index is 1.82. The molecule has 0 bridgehead atoms. The highest BCUT2D eigenvalue weighted by atomic mass is 16.5. The first-order valence-electron chi connectivity index (χ1n) is 7.67. The minimum Gasteiger partial charge on any atom is -0.496 e. The van der Waals surface area contributed by atoms with Crippen LogP contribution in [0.25, 0.3) is 6.08 Å². The smallest absolute Gasteiger partial charge is 0.244 e. The van der Waals surface area contributed by atoms with E-state index in [4.69, 9.17) is 4.74 Å². The fraction of sp³-hybridized carbons (Fsp3) is 0.278. The van der Waals surface area contributed by atoms with Gasteiger partial charge in [-0.3, -0.25) is 4.79 Å². The molecule has 0 fully saturated rings. The summed E-state index contributed by atoms with van der Waals surface area (Å²) in [7, 11) is 5.39. The number of carbonyl (C=O) groups is 1. The lowest BCUT2D eigenvalue weighted by Gasteiger charge is -2.08. The number of para-hydroxylation sites is 1. The summed E-state index contributed by atoms with van der Waals surface area (Å²) in [4.78, 5) is 22.1. The number of hydrogen-bond acceptors (Lipinski definition) is 5. The lowest BCUT2D eigenvalue weighted by atomic mass is 10.1. The van der Waals surface area contributed by atoms with E-state index in [0.717, 1.165) is 16.9 Å². The fourth-order valence-electron chi connectivity index (χ4n) is 2.11. The summed E-state index contributed by atoms with van der Waals surface area (Å²) >= 11 is 0. The number of ether oxygens (including phenoxy) is 1. The number of nitrogens with one attached hydrogen (secondary N) is 1. The standard InChI is InChI=1S/C18H22N4O2/c1-22(2)18-20-12-14(13-21-18)8-9-17(23)19-11-10-15-6-4-5-7-16(15)24-3/h4-9,12-13H,10-11H2,1-3H3,(H,19,23). The molecule has 2 aromatic rings. The molecule has 0 aliphatic heterocycles. The molecule has 0 unspecified atom stereocenters. The van der Waals surface area contributed by atoms with E-state index in [9.17, 15) is 4.79 Å². The Morgan fingerprint density at radius 2 is 1.96 bits per heavy atom. The van der Waals surface area contributed by atoms with E-state index in [-0.39, 0.29) is 5.91 Å². The van der Waals surface area contributed by atoms with Gasteiger partial charge in [-0.15, -0.1) is 0 Å². The number of rotatable bonds is 7. The van der Waals surface area contributed by atoms with Gasteiger partial charge in [0.2, 0.25) is 11.9 Å². The maximum Gasteiger partial charge on any atom is 0.244 e. The summed E-state index contributed by atoms with van der Waals surface area (Å²) in [6.07, 6.45) is 7.25. The van der Waals surface area contributed by atoms with Gasteiger partial charge < -0.3 is 15.0 Å². The number of hydrogen-bond donors (Lipinski definition) is 1. The summed E-state index contributed by atoms with van der Waals surface area (Å²) in [5, 5.41) is 2.85. The van der Waals surface area contributed by atoms with Crippen LogP contribution in [0.5, 0.6) is 5.75 Å². The summed E-state index contributed by atoms with van der Waals surface area (Å²) in [5.41, 5.74) is 1.84. The zero-order chi connectivity index (χ0) is 17.4. The topological polar surface area (TPSA) is 67.3 Å². The zero-order valence-electron chi connectivity index (χ0n) is 14.2.